The fraction of sp³-hybridized carbons (Fsp3) is 0.571. The number of carboxylic acid groups (broad SMARTS) is 1. The van der Waals surface area contributed by atoms with Gasteiger partial charge >= 0.3 is 5.97 Å². The molecule has 1 saturated heterocycles. The Labute approximate surface area is 121 Å². The van der Waals surface area contributed by atoms with E-state index in [9.17, 15) is 14.0 Å². The molecule has 20 heavy (non-hydrogen) atoms. The van der Waals surface area contributed by atoms with E-state index in [4.69, 9.17) is 5.11 Å². The minimum Gasteiger partial charge on any atom is -0.479 e. The first-order valence-electron chi connectivity index (χ1n) is 6.66. The van der Waals surface area contributed by atoms with Crippen LogP contribution in [0.3, 0.4) is 0 Å². The van der Waals surface area contributed by atoms with Crippen molar-refractivity contribution >= 4 is 23.2 Å². The zero-order valence-electron chi connectivity index (χ0n) is 11.4. The highest BCUT2D eigenvalue weighted by atomic mass is 32.1. The van der Waals surface area contributed by atoms with Gasteiger partial charge in [0, 0.05) is 29.1 Å². The van der Waals surface area contributed by atoms with Crippen molar-refractivity contribution in [3.63, 3.8) is 0 Å². The third-order valence-electron chi connectivity index (χ3n) is 3.57. The van der Waals surface area contributed by atoms with Crippen LogP contribution in [-0.4, -0.2) is 40.6 Å². The zero-order valence-corrected chi connectivity index (χ0v) is 12.2. The van der Waals surface area contributed by atoms with E-state index in [1.54, 1.807) is 11.3 Å². The van der Waals surface area contributed by atoms with Gasteiger partial charge in [-0.2, -0.15) is 0 Å². The zero-order chi connectivity index (χ0) is 14.8. The molecule has 4 nitrogen and oxygen atoms in total. The highest BCUT2D eigenvalue weighted by molar-refractivity contribution is 7.11. The number of alkyl halides is 1. The number of thiophene rings is 1. The van der Waals surface area contributed by atoms with E-state index in [-0.39, 0.29) is 25.4 Å². The Morgan fingerprint density at radius 1 is 1.50 bits per heavy atom. The third kappa shape index (κ3) is 3.36. The molecule has 0 radical (unpaired) electrons. The van der Waals surface area contributed by atoms with Crippen LogP contribution in [0.15, 0.2) is 12.1 Å². The van der Waals surface area contributed by atoms with Crippen LogP contribution in [0.1, 0.15) is 29.0 Å². The first-order valence-corrected chi connectivity index (χ1v) is 7.48. The Hall–Kier alpha value is -1.43. The predicted molar refractivity (Wildman–Crippen MR) is 74.7 cm³/mol. The van der Waals surface area contributed by atoms with Gasteiger partial charge in [0.2, 0.25) is 11.6 Å². The molecule has 2 heterocycles. The number of hydrogen-bond acceptors (Lipinski definition) is 3. The van der Waals surface area contributed by atoms with Gasteiger partial charge in [-0.15, -0.1) is 11.3 Å². The number of carbonyl (C=O) groups excluding carboxylic acids is 1. The summed E-state index contributed by atoms with van der Waals surface area (Å²) < 4.78 is 13.8. The molecule has 1 fully saturated rings. The molecule has 1 aromatic rings. The highest BCUT2D eigenvalue weighted by Crippen LogP contribution is 2.26. The standard InChI is InChI=1S/C14H18FNO3S/c1-10-5-6-11(20-10)3-2-4-12(17)16-8-7-14(15,9-16)13(18)19/h5-6H,2-4,7-9H2,1H3,(H,18,19). The number of carbonyl (C=O) groups is 2. The Bertz CT molecular complexity index is 516. The molecular weight excluding hydrogens is 281 g/mol. The SMILES string of the molecule is Cc1ccc(CCCC(=O)N2CCC(F)(C(=O)O)C2)s1. The van der Waals surface area contributed by atoms with Crippen molar-refractivity contribution < 1.29 is 19.1 Å². The molecule has 0 aliphatic carbocycles. The Kier molecular flexibility index (Phi) is 4.42. The van der Waals surface area contributed by atoms with Crippen molar-refractivity contribution in [3.8, 4) is 0 Å². The van der Waals surface area contributed by atoms with Crippen LogP contribution in [0.5, 0.6) is 0 Å². The molecule has 0 spiro atoms. The summed E-state index contributed by atoms with van der Waals surface area (Å²) in [5.74, 6) is -1.62. The summed E-state index contributed by atoms with van der Waals surface area (Å²) in [7, 11) is 0. The molecule has 1 N–H and O–H groups in total. The van der Waals surface area contributed by atoms with Gasteiger partial charge in [-0.1, -0.05) is 0 Å². The number of amides is 1. The maximum atomic E-state index is 13.8. The lowest BCUT2D eigenvalue weighted by molar-refractivity contribution is -0.150. The summed E-state index contributed by atoms with van der Waals surface area (Å²) in [5, 5.41) is 8.79. The Balaban J connectivity index is 1.77. The van der Waals surface area contributed by atoms with E-state index in [0.29, 0.717) is 12.8 Å². The average Bonchev–Trinajstić information content (AvgIpc) is 2.97. The van der Waals surface area contributed by atoms with E-state index in [2.05, 4.69) is 6.07 Å². The van der Waals surface area contributed by atoms with Crippen molar-refractivity contribution in [3.05, 3.63) is 21.9 Å². The van der Waals surface area contributed by atoms with Crippen LogP contribution in [0.25, 0.3) is 0 Å². The molecule has 0 aromatic carbocycles. The van der Waals surface area contributed by atoms with E-state index in [1.807, 2.05) is 13.0 Å². The van der Waals surface area contributed by atoms with Crippen molar-refractivity contribution in [1.29, 1.82) is 0 Å². The fourth-order valence-electron chi connectivity index (χ4n) is 2.35. The monoisotopic (exact) mass is 299 g/mol. The predicted octanol–water partition coefficient (Wildman–Crippen LogP) is 2.40. The Morgan fingerprint density at radius 3 is 2.80 bits per heavy atom. The van der Waals surface area contributed by atoms with Gasteiger partial charge in [0.25, 0.3) is 0 Å². The number of rotatable bonds is 5. The quantitative estimate of drug-likeness (QED) is 0.908. The largest absolute Gasteiger partial charge is 0.479 e. The number of carboxylic acids is 1. The second-order valence-electron chi connectivity index (χ2n) is 5.20. The number of aryl methyl sites for hydroxylation is 2. The molecule has 1 atom stereocenters. The molecule has 1 unspecified atom stereocenters. The lowest BCUT2D eigenvalue weighted by atomic mass is 10.1. The van der Waals surface area contributed by atoms with Crippen LogP contribution < -0.4 is 0 Å². The molecule has 0 bridgehead atoms. The summed E-state index contributed by atoms with van der Waals surface area (Å²) in [6, 6.07) is 4.10. The summed E-state index contributed by atoms with van der Waals surface area (Å²) in [6.45, 7) is 1.91. The van der Waals surface area contributed by atoms with Crippen LogP contribution in [0, 0.1) is 6.92 Å². The van der Waals surface area contributed by atoms with Crippen molar-refractivity contribution in [2.45, 2.75) is 38.3 Å². The molecule has 6 heteroatoms. The average molecular weight is 299 g/mol. The van der Waals surface area contributed by atoms with Crippen LogP contribution in [0.4, 0.5) is 4.39 Å². The van der Waals surface area contributed by atoms with Gasteiger partial charge in [-0.25, -0.2) is 9.18 Å². The minimum atomic E-state index is -2.26. The van der Waals surface area contributed by atoms with E-state index < -0.39 is 11.6 Å². The molecular formula is C14H18FNO3S. The molecule has 110 valence electrons. The summed E-state index contributed by atoms with van der Waals surface area (Å²) in [6.07, 6.45) is 1.77. The van der Waals surface area contributed by atoms with Crippen LogP contribution in [0.2, 0.25) is 0 Å². The molecule has 1 aliphatic rings. The number of nitrogens with zero attached hydrogens (tertiary/aromatic N) is 1. The van der Waals surface area contributed by atoms with Crippen LogP contribution in [-0.2, 0) is 16.0 Å². The van der Waals surface area contributed by atoms with Gasteiger partial charge in [-0.05, 0) is 31.9 Å². The first kappa shape index (κ1) is 15.0. The van der Waals surface area contributed by atoms with Gasteiger partial charge in [0.1, 0.15) is 0 Å². The summed E-state index contributed by atoms with van der Waals surface area (Å²) >= 11 is 1.71. The normalized spacial score (nSPS) is 22.2. The van der Waals surface area contributed by atoms with Gasteiger partial charge in [0.15, 0.2) is 0 Å². The summed E-state index contributed by atoms with van der Waals surface area (Å²) in [4.78, 5) is 26.5. The maximum absolute atomic E-state index is 13.8. The van der Waals surface area contributed by atoms with Crippen molar-refractivity contribution in [1.82, 2.24) is 4.90 Å². The second kappa shape index (κ2) is 5.91. The Morgan fingerprint density at radius 2 is 2.25 bits per heavy atom. The lowest BCUT2D eigenvalue weighted by Crippen LogP contribution is -2.38. The molecule has 1 aromatic heterocycles. The smallest absolute Gasteiger partial charge is 0.343 e. The topological polar surface area (TPSA) is 57.6 Å². The number of likely N-dealkylation sites (tertiary alicyclic amines) is 1. The molecule has 1 amide bonds. The van der Waals surface area contributed by atoms with Crippen LogP contribution >= 0.6 is 11.3 Å². The number of hydrogen-bond donors (Lipinski definition) is 1. The number of halogens is 1. The summed E-state index contributed by atoms with van der Waals surface area (Å²) in [5.41, 5.74) is -2.26. The van der Waals surface area contributed by atoms with Crippen molar-refractivity contribution in [2.24, 2.45) is 0 Å². The second-order valence-corrected chi connectivity index (χ2v) is 6.57. The van der Waals surface area contributed by atoms with E-state index in [1.165, 1.54) is 14.7 Å². The lowest BCUT2D eigenvalue weighted by Gasteiger charge is -2.17. The first-order chi connectivity index (χ1) is 9.40. The van der Waals surface area contributed by atoms with E-state index in [0.717, 1.165) is 6.42 Å². The molecule has 1 aliphatic heterocycles. The van der Waals surface area contributed by atoms with Crippen molar-refractivity contribution in [2.75, 3.05) is 13.1 Å². The third-order valence-corrected chi connectivity index (χ3v) is 4.63. The van der Waals surface area contributed by atoms with Gasteiger partial charge in [0.05, 0.1) is 6.54 Å². The van der Waals surface area contributed by atoms with Gasteiger partial charge < -0.3 is 10.0 Å². The van der Waals surface area contributed by atoms with Gasteiger partial charge in [-0.3, -0.25) is 4.79 Å². The highest BCUT2D eigenvalue weighted by Gasteiger charge is 2.46. The fourth-order valence-corrected chi connectivity index (χ4v) is 3.28. The minimum absolute atomic E-state index is 0.113. The van der Waals surface area contributed by atoms with E-state index >= 15 is 0 Å². The molecule has 0 saturated carbocycles. The maximum Gasteiger partial charge on any atom is 0.343 e. The molecule has 2 rings (SSSR count). The number of aliphatic carboxylic acids is 1.